The summed E-state index contributed by atoms with van der Waals surface area (Å²) < 4.78 is 0. The summed E-state index contributed by atoms with van der Waals surface area (Å²) in [5, 5.41) is 15.3. The summed E-state index contributed by atoms with van der Waals surface area (Å²) in [6, 6.07) is 5.49. The summed E-state index contributed by atoms with van der Waals surface area (Å²) in [7, 11) is 3.41. The van der Waals surface area contributed by atoms with Crippen molar-refractivity contribution in [2.24, 2.45) is 11.8 Å². The van der Waals surface area contributed by atoms with Crippen molar-refractivity contribution in [1.82, 2.24) is 5.32 Å². The van der Waals surface area contributed by atoms with E-state index in [1.54, 1.807) is 20.0 Å². The molecule has 0 radical (unpaired) electrons. The zero-order chi connectivity index (χ0) is 21.0. The van der Waals surface area contributed by atoms with Crippen LogP contribution in [0.5, 0.6) is 0 Å². The third-order valence-electron chi connectivity index (χ3n) is 4.53. The molecule has 0 fully saturated rings. The van der Waals surface area contributed by atoms with Crippen LogP contribution in [0.15, 0.2) is 18.2 Å². The van der Waals surface area contributed by atoms with Gasteiger partial charge in [-0.3, -0.25) is 9.59 Å². The van der Waals surface area contributed by atoms with Crippen LogP contribution in [0.1, 0.15) is 69.0 Å². The Bertz CT molecular complexity index is 614. The Kier molecular flexibility index (Phi) is 12.0. The van der Waals surface area contributed by atoms with E-state index in [4.69, 9.17) is 0 Å². The van der Waals surface area contributed by atoms with Gasteiger partial charge in [-0.15, -0.1) is 0 Å². The van der Waals surface area contributed by atoms with E-state index in [1.165, 1.54) is 0 Å². The predicted molar refractivity (Wildman–Crippen MR) is 109 cm³/mol. The van der Waals surface area contributed by atoms with Gasteiger partial charge in [0.1, 0.15) is 6.29 Å². The van der Waals surface area contributed by atoms with Gasteiger partial charge in [0.25, 0.3) is 0 Å². The summed E-state index contributed by atoms with van der Waals surface area (Å²) in [4.78, 5) is 32.8. The number of carbonyl (C=O) groups is 3. The van der Waals surface area contributed by atoms with E-state index in [1.807, 2.05) is 40.0 Å². The average Bonchev–Trinajstić information content (AvgIpc) is 2.69. The molecule has 1 aromatic rings. The van der Waals surface area contributed by atoms with Crippen molar-refractivity contribution in [2.45, 2.75) is 53.1 Å². The van der Waals surface area contributed by atoms with E-state index in [2.05, 4.69) is 10.6 Å². The molecule has 27 heavy (non-hydrogen) atoms. The molecule has 3 unspecified atom stereocenters. The number of hydrogen-bond acceptors (Lipinski definition) is 5. The number of nitrogens with one attached hydrogen (secondary N) is 2. The molecule has 0 aliphatic heterocycles. The van der Waals surface area contributed by atoms with E-state index in [9.17, 15) is 19.5 Å². The van der Waals surface area contributed by atoms with Crippen LogP contribution in [0.4, 0.5) is 5.69 Å². The lowest BCUT2D eigenvalue weighted by molar-refractivity contribution is -0.124. The largest absolute Gasteiger partial charge is 0.389 e. The molecule has 3 N–H and O–H groups in total. The highest BCUT2D eigenvalue weighted by molar-refractivity contribution is 5.99. The summed E-state index contributed by atoms with van der Waals surface area (Å²) in [5.74, 6) is 0.0519. The van der Waals surface area contributed by atoms with Crippen LogP contribution in [-0.4, -0.2) is 37.2 Å². The van der Waals surface area contributed by atoms with Gasteiger partial charge in [-0.25, -0.2) is 0 Å². The molecule has 1 rings (SSSR count). The summed E-state index contributed by atoms with van der Waals surface area (Å²) in [6.07, 6.45) is 2.12. The van der Waals surface area contributed by atoms with Gasteiger partial charge < -0.3 is 20.5 Å². The third-order valence-corrected chi connectivity index (χ3v) is 4.53. The normalized spacial score (nSPS) is 13.4. The first kappa shape index (κ1) is 24.8. The Morgan fingerprint density at radius 1 is 1.15 bits per heavy atom. The monoisotopic (exact) mass is 378 g/mol. The highest BCUT2D eigenvalue weighted by Crippen LogP contribution is 2.25. The molecule has 0 aliphatic rings. The number of aliphatic hydroxyl groups is 1. The van der Waals surface area contributed by atoms with Gasteiger partial charge in [-0.1, -0.05) is 20.8 Å². The lowest BCUT2D eigenvalue weighted by atomic mass is 9.91. The first-order chi connectivity index (χ1) is 12.7. The maximum Gasteiger partial charge on any atom is 0.222 e. The van der Waals surface area contributed by atoms with Crippen LogP contribution < -0.4 is 10.6 Å². The molecule has 0 saturated heterocycles. The van der Waals surface area contributed by atoms with E-state index < -0.39 is 6.10 Å². The quantitative estimate of drug-likeness (QED) is 0.452. The predicted octanol–water partition coefficient (Wildman–Crippen LogP) is 3.36. The van der Waals surface area contributed by atoms with Crippen molar-refractivity contribution < 1.29 is 19.5 Å². The Balaban J connectivity index is 0.000000580. The van der Waals surface area contributed by atoms with Crippen molar-refractivity contribution in [1.29, 1.82) is 0 Å². The highest BCUT2D eigenvalue weighted by Gasteiger charge is 2.19. The first-order valence-corrected chi connectivity index (χ1v) is 9.42. The standard InChI is InChI=1S/C14H21NO2.C7H13NO2/c1-5-9(2)14(17)12-7-6-11(15-4)8-13(12)10(3)16;1-6(4-3-5-9)7(10)8-2/h6-10,15-16H,5H2,1-4H3;5-6H,3-4H2,1-2H3,(H,8,10). The van der Waals surface area contributed by atoms with Crippen LogP contribution in [0, 0.1) is 11.8 Å². The second-order valence-electron chi connectivity index (χ2n) is 6.66. The summed E-state index contributed by atoms with van der Waals surface area (Å²) >= 11 is 0. The number of anilines is 1. The van der Waals surface area contributed by atoms with Gasteiger partial charge in [0.2, 0.25) is 5.91 Å². The molecule has 6 heteroatoms. The number of benzene rings is 1. The molecule has 0 bridgehead atoms. The van der Waals surface area contributed by atoms with Gasteiger partial charge in [-0.2, -0.15) is 0 Å². The van der Waals surface area contributed by atoms with Gasteiger partial charge in [0.05, 0.1) is 6.10 Å². The number of ketones is 1. The van der Waals surface area contributed by atoms with Crippen LogP contribution in [-0.2, 0) is 9.59 Å². The Morgan fingerprint density at radius 2 is 1.78 bits per heavy atom. The molecule has 0 aromatic heterocycles. The number of rotatable bonds is 9. The van der Waals surface area contributed by atoms with Gasteiger partial charge >= 0.3 is 0 Å². The fourth-order valence-electron chi connectivity index (χ4n) is 2.43. The molecule has 3 atom stereocenters. The second kappa shape index (κ2) is 13.0. The molecule has 1 aromatic carbocycles. The number of Topliss-reactive ketones (excluding diaryl/α,β-unsaturated/α-hetero) is 1. The summed E-state index contributed by atoms with van der Waals surface area (Å²) in [6.45, 7) is 7.40. The van der Waals surface area contributed by atoms with Crippen LogP contribution in [0.25, 0.3) is 0 Å². The molecule has 1 amide bonds. The number of carbonyl (C=O) groups excluding carboxylic acids is 3. The number of aldehydes is 1. The zero-order valence-electron chi connectivity index (χ0n) is 17.3. The minimum atomic E-state index is -0.633. The van der Waals surface area contributed by atoms with Crippen molar-refractivity contribution in [3.8, 4) is 0 Å². The molecule has 0 aliphatic carbocycles. The number of hydrogen-bond donors (Lipinski definition) is 3. The topological polar surface area (TPSA) is 95.5 Å². The van der Waals surface area contributed by atoms with Gasteiger partial charge in [0.15, 0.2) is 5.78 Å². The fraction of sp³-hybridized carbons (Fsp3) is 0.571. The van der Waals surface area contributed by atoms with Crippen LogP contribution in [0.3, 0.4) is 0 Å². The molecular weight excluding hydrogens is 344 g/mol. The lowest BCUT2D eigenvalue weighted by Gasteiger charge is -2.15. The minimum absolute atomic E-state index is 0.00171. The van der Waals surface area contributed by atoms with Crippen molar-refractivity contribution in [3.63, 3.8) is 0 Å². The molecule has 0 spiro atoms. The van der Waals surface area contributed by atoms with Crippen molar-refractivity contribution >= 4 is 23.7 Å². The zero-order valence-corrected chi connectivity index (χ0v) is 17.3. The number of amides is 1. The Labute approximate surface area is 162 Å². The van der Waals surface area contributed by atoms with E-state index in [-0.39, 0.29) is 23.5 Å². The summed E-state index contributed by atoms with van der Waals surface area (Å²) in [5.41, 5.74) is 2.23. The van der Waals surface area contributed by atoms with Gasteiger partial charge in [-0.05, 0) is 43.5 Å². The van der Waals surface area contributed by atoms with E-state index >= 15 is 0 Å². The Hall–Kier alpha value is -2.21. The minimum Gasteiger partial charge on any atom is -0.389 e. The van der Waals surface area contributed by atoms with E-state index in [0.29, 0.717) is 24.0 Å². The van der Waals surface area contributed by atoms with Crippen LogP contribution in [0.2, 0.25) is 0 Å². The molecule has 0 heterocycles. The smallest absolute Gasteiger partial charge is 0.222 e. The average molecular weight is 379 g/mol. The van der Waals surface area contributed by atoms with Crippen LogP contribution >= 0.6 is 0 Å². The van der Waals surface area contributed by atoms with Crippen molar-refractivity contribution in [3.05, 3.63) is 29.3 Å². The molecule has 152 valence electrons. The SMILES string of the molecule is CCC(C)C(=O)c1ccc(NC)cc1C(C)O.CNC(=O)C(C)CCC=O. The molecule has 6 nitrogen and oxygen atoms in total. The van der Waals surface area contributed by atoms with E-state index in [0.717, 1.165) is 18.4 Å². The van der Waals surface area contributed by atoms with Gasteiger partial charge in [0, 0.05) is 43.6 Å². The highest BCUT2D eigenvalue weighted by atomic mass is 16.3. The molecule has 0 saturated carbocycles. The fourth-order valence-corrected chi connectivity index (χ4v) is 2.43. The first-order valence-electron chi connectivity index (χ1n) is 9.42. The van der Waals surface area contributed by atoms with Crippen molar-refractivity contribution in [2.75, 3.05) is 19.4 Å². The molecular formula is C21H34N2O4. The third kappa shape index (κ3) is 8.35. The number of aliphatic hydroxyl groups excluding tert-OH is 1. The lowest BCUT2D eigenvalue weighted by Crippen LogP contribution is -2.25. The maximum absolute atomic E-state index is 12.2. The maximum atomic E-state index is 12.2. The second-order valence-corrected chi connectivity index (χ2v) is 6.66. The Morgan fingerprint density at radius 3 is 2.22 bits per heavy atom.